The van der Waals surface area contributed by atoms with E-state index in [0.717, 1.165) is 17.5 Å². The molecule has 86 valence electrons. The van der Waals surface area contributed by atoms with E-state index in [0.29, 0.717) is 6.04 Å². The van der Waals surface area contributed by atoms with Crippen LogP contribution in [0.15, 0.2) is 36.4 Å². The van der Waals surface area contributed by atoms with Crippen molar-refractivity contribution in [2.45, 2.75) is 25.8 Å². The van der Waals surface area contributed by atoms with Crippen LogP contribution in [0.1, 0.15) is 31.4 Å². The molecular formula is C14H18ClN. The molecule has 1 saturated carbocycles. The van der Waals surface area contributed by atoms with Crippen LogP contribution in [-0.2, 0) is 0 Å². The number of hydrogen-bond acceptors (Lipinski definition) is 1. The largest absolute Gasteiger partial charge is 0.306 e. The summed E-state index contributed by atoms with van der Waals surface area (Å²) >= 11 is 5.90. The lowest BCUT2D eigenvalue weighted by Gasteiger charge is -2.19. The van der Waals surface area contributed by atoms with Gasteiger partial charge >= 0.3 is 0 Å². The van der Waals surface area contributed by atoms with Crippen molar-refractivity contribution in [2.24, 2.45) is 5.92 Å². The lowest BCUT2D eigenvalue weighted by molar-refractivity contribution is 0.502. The first kappa shape index (κ1) is 11.7. The van der Waals surface area contributed by atoms with Gasteiger partial charge in [-0.2, -0.15) is 0 Å². The van der Waals surface area contributed by atoms with Gasteiger partial charge in [-0.25, -0.2) is 0 Å². The van der Waals surface area contributed by atoms with Gasteiger partial charge in [-0.3, -0.25) is 0 Å². The summed E-state index contributed by atoms with van der Waals surface area (Å²) in [5, 5.41) is 4.38. The molecule has 0 bridgehead atoms. The molecule has 0 spiro atoms. The second-order valence-corrected chi connectivity index (χ2v) is 5.14. The molecule has 0 unspecified atom stereocenters. The van der Waals surface area contributed by atoms with Crippen LogP contribution in [0.25, 0.3) is 0 Å². The Morgan fingerprint density at radius 1 is 1.44 bits per heavy atom. The number of hydrogen-bond donors (Lipinski definition) is 1. The van der Waals surface area contributed by atoms with Crippen molar-refractivity contribution in [3.8, 4) is 0 Å². The third-order valence-corrected chi connectivity index (χ3v) is 3.20. The molecule has 0 amide bonds. The van der Waals surface area contributed by atoms with E-state index < -0.39 is 0 Å². The van der Waals surface area contributed by atoms with E-state index in [-0.39, 0.29) is 0 Å². The van der Waals surface area contributed by atoms with E-state index in [1.165, 1.54) is 24.0 Å². The summed E-state index contributed by atoms with van der Waals surface area (Å²) < 4.78 is 0. The number of halogens is 1. The molecule has 0 saturated heterocycles. The minimum absolute atomic E-state index is 0.467. The Labute approximate surface area is 103 Å². The van der Waals surface area contributed by atoms with Crippen LogP contribution in [-0.4, -0.2) is 6.54 Å². The Bertz CT molecular complexity index is 365. The molecule has 2 rings (SSSR count). The average Bonchev–Trinajstić information content (AvgIpc) is 3.04. The average molecular weight is 236 g/mol. The summed E-state index contributed by atoms with van der Waals surface area (Å²) in [7, 11) is 0. The van der Waals surface area contributed by atoms with Crippen LogP contribution in [0, 0.1) is 5.92 Å². The van der Waals surface area contributed by atoms with Crippen LogP contribution in [0.2, 0.25) is 5.02 Å². The predicted octanol–water partition coefficient (Wildman–Crippen LogP) is 3.96. The summed E-state index contributed by atoms with van der Waals surface area (Å²) in [5.74, 6) is 0.792. The number of benzene rings is 1. The van der Waals surface area contributed by atoms with Crippen molar-refractivity contribution >= 4 is 11.6 Å². The first-order valence-corrected chi connectivity index (χ1v) is 6.18. The molecular weight excluding hydrogens is 218 g/mol. The quantitative estimate of drug-likeness (QED) is 0.762. The van der Waals surface area contributed by atoms with Gasteiger partial charge in [0.25, 0.3) is 0 Å². The highest BCUT2D eigenvalue weighted by Crippen LogP contribution is 2.41. The molecule has 0 heterocycles. The molecule has 0 radical (unpaired) electrons. The Balaban J connectivity index is 2.06. The summed E-state index contributed by atoms with van der Waals surface area (Å²) in [6, 6.07) is 8.64. The Morgan fingerprint density at radius 2 is 2.06 bits per heavy atom. The maximum Gasteiger partial charge on any atom is 0.0406 e. The normalized spacial score (nSPS) is 17.1. The molecule has 0 aliphatic heterocycles. The second kappa shape index (κ2) is 5.03. The molecule has 1 N–H and O–H groups in total. The summed E-state index contributed by atoms with van der Waals surface area (Å²) in [4.78, 5) is 0. The van der Waals surface area contributed by atoms with E-state index in [1.807, 2.05) is 12.1 Å². The van der Waals surface area contributed by atoms with Gasteiger partial charge < -0.3 is 5.32 Å². The van der Waals surface area contributed by atoms with E-state index in [9.17, 15) is 0 Å². The molecule has 1 aliphatic carbocycles. The highest BCUT2D eigenvalue weighted by molar-refractivity contribution is 6.30. The smallest absolute Gasteiger partial charge is 0.0406 e. The molecule has 16 heavy (non-hydrogen) atoms. The maximum absolute atomic E-state index is 5.90. The van der Waals surface area contributed by atoms with E-state index >= 15 is 0 Å². The first-order valence-electron chi connectivity index (χ1n) is 5.80. The zero-order valence-corrected chi connectivity index (χ0v) is 10.4. The van der Waals surface area contributed by atoms with Crippen LogP contribution >= 0.6 is 11.6 Å². The van der Waals surface area contributed by atoms with Crippen LogP contribution in [0.3, 0.4) is 0 Å². The van der Waals surface area contributed by atoms with Gasteiger partial charge in [0.05, 0.1) is 0 Å². The van der Waals surface area contributed by atoms with Gasteiger partial charge in [-0.15, -0.1) is 0 Å². The highest BCUT2D eigenvalue weighted by Gasteiger charge is 2.31. The fourth-order valence-corrected chi connectivity index (χ4v) is 2.07. The molecule has 2 heteroatoms. The molecule has 1 aliphatic rings. The second-order valence-electron chi connectivity index (χ2n) is 4.70. The lowest BCUT2D eigenvalue weighted by atomic mass is 10.0. The monoisotopic (exact) mass is 235 g/mol. The van der Waals surface area contributed by atoms with Gasteiger partial charge in [0.2, 0.25) is 0 Å². The van der Waals surface area contributed by atoms with Gasteiger partial charge in [-0.05, 0) is 43.4 Å². The minimum Gasteiger partial charge on any atom is -0.306 e. The Kier molecular flexibility index (Phi) is 3.67. The van der Waals surface area contributed by atoms with Crippen molar-refractivity contribution in [3.05, 3.63) is 47.0 Å². The number of rotatable bonds is 5. The summed E-state index contributed by atoms with van der Waals surface area (Å²) in [6.45, 7) is 6.88. The van der Waals surface area contributed by atoms with E-state index in [4.69, 9.17) is 11.6 Å². The molecule has 1 atom stereocenters. The van der Waals surface area contributed by atoms with Gasteiger partial charge in [0.1, 0.15) is 0 Å². The minimum atomic E-state index is 0.467. The molecule has 1 nitrogen and oxygen atoms in total. The van der Waals surface area contributed by atoms with Crippen molar-refractivity contribution in [1.82, 2.24) is 5.32 Å². The zero-order chi connectivity index (χ0) is 11.5. The molecule has 1 fully saturated rings. The lowest BCUT2D eigenvalue weighted by Crippen LogP contribution is -2.24. The van der Waals surface area contributed by atoms with Gasteiger partial charge in [-0.1, -0.05) is 35.9 Å². The van der Waals surface area contributed by atoms with Crippen LogP contribution in [0.4, 0.5) is 0 Å². The maximum atomic E-state index is 5.90. The van der Waals surface area contributed by atoms with E-state index in [2.05, 4.69) is 31.0 Å². The predicted molar refractivity (Wildman–Crippen MR) is 69.7 cm³/mol. The molecule has 1 aromatic carbocycles. The van der Waals surface area contributed by atoms with Gasteiger partial charge in [0, 0.05) is 17.6 Å². The SMILES string of the molecule is C=C(C)CN[C@@H](c1ccc(Cl)cc1)C1CC1. The summed E-state index contributed by atoms with van der Waals surface area (Å²) in [6.07, 6.45) is 2.66. The van der Waals surface area contributed by atoms with Gasteiger partial charge in [0.15, 0.2) is 0 Å². The highest BCUT2D eigenvalue weighted by atomic mass is 35.5. The van der Waals surface area contributed by atoms with E-state index in [1.54, 1.807) is 0 Å². The summed E-state index contributed by atoms with van der Waals surface area (Å²) in [5.41, 5.74) is 2.52. The van der Waals surface area contributed by atoms with Crippen molar-refractivity contribution in [2.75, 3.05) is 6.54 Å². The molecule has 0 aromatic heterocycles. The standard InChI is InChI=1S/C14H18ClN/c1-10(2)9-16-14(11-3-4-11)12-5-7-13(15)8-6-12/h5-8,11,14,16H,1,3-4,9H2,2H3/t14-/m1/s1. The molecule has 1 aromatic rings. The van der Waals surface area contributed by atoms with Crippen molar-refractivity contribution < 1.29 is 0 Å². The first-order chi connectivity index (χ1) is 7.66. The fraction of sp³-hybridized carbons (Fsp3) is 0.429. The van der Waals surface area contributed by atoms with Crippen LogP contribution in [0.5, 0.6) is 0 Å². The Hall–Kier alpha value is -0.790. The zero-order valence-electron chi connectivity index (χ0n) is 9.67. The third kappa shape index (κ3) is 3.10. The van der Waals surface area contributed by atoms with Crippen molar-refractivity contribution in [3.63, 3.8) is 0 Å². The van der Waals surface area contributed by atoms with Crippen LogP contribution < -0.4 is 5.32 Å². The fourth-order valence-electron chi connectivity index (χ4n) is 1.94. The van der Waals surface area contributed by atoms with Crippen molar-refractivity contribution in [1.29, 1.82) is 0 Å². The topological polar surface area (TPSA) is 12.0 Å². The number of nitrogens with one attached hydrogen (secondary N) is 1. The Morgan fingerprint density at radius 3 is 2.56 bits per heavy atom. The third-order valence-electron chi connectivity index (χ3n) is 2.95.